The van der Waals surface area contributed by atoms with Crippen molar-refractivity contribution in [1.29, 1.82) is 0 Å². The van der Waals surface area contributed by atoms with Gasteiger partial charge in [-0.3, -0.25) is 0 Å². The lowest BCUT2D eigenvalue weighted by atomic mass is 10.1. The molecule has 0 atom stereocenters. The van der Waals surface area contributed by atoms with Gasteiger partial charge >= 0.3 is 0 Å². The van der Waals surface area contributed by atoms with E-state index in [1.165, 1.54) is 0 Å². The average Bonchev–Trinajstić information content (AvgIpc) is 2.40. The maximum Gasteiger partial charge on any atom is 0.161 e. The molecule has 1 heterocycles. The van der Waals surface area contributed by atoms with Gasteiger partial charge < -0.3 is 0 Å². The Bertz CT molecular complexity index is 860. The summed E-state index contributed by atoms with van der Waals surface area (Å²) in [5, 5.41) is 2.41. The largest absolute Gasteiger partial charge is 0.226 e. The number of rotatable bonds is 1. The molecule has 1 aromatic heterocycles. The van der Waals surface area contributed by atoms with Crippen LogP contribution < -0.4 is 0 Å². The standard InChI is InChI=1S/C16H11Cl3N2/c1-8-5-12-14(13(18)6-8)20-16(21-15(12)19)11-4-3-10(17)7-9(11)2/h3-7H,1-2H3. The fraction of sp³-hybridized carbons (Fsp3) is 0.125. The quantitative estimate of drug-likeness (QED) is 0.519. The monoisotopic (exact) mass is 336 g/mol. The first-order chi connectivity index (χ1) is 9.95. The third-order valence-electron chi connectivity index (χ3n) is 3.28. The van der Waals surface area contributed by atoms with E-state index in [4.69, 9.17) is 34.8 Å². The lowest BCUT2D eigenvalue weighted by Gasteiger charge is -2.09. The summed E-state index contributed by atoms with van der Waals surface area (Å²) < 4.78 is 0. The van der Waals surface area contributed by atoms with E-state index in [1.807, 2.05) is 44.2 Å². The highest BCUT2D eigenvalue weighted by atomic mass is 35.5. The SMILES string of the molecule is Cc1cc(Cl)c2nc(-c3ccc(Cl)cc3C)nc(Cl)c2c1. The van der Waals surface area contributed by atoms with Crippen molar-refractivity contribution in [3.05, 3.63) is 56.7 Å². The molecule has 0 bridgehead atoms. The Kier molecular flexibility index (Phi) is 3.78. The number of aryl methyl sites for hydroxylation is 2. The summed E-state index contributed by atoms with van der Waals surface area (Å²) in [4.78, 5) is 8.96. The molecule has 0 N–H and O–H groups in total. The molecule has 0 fully saturated rings. The van der Waals surface area contributed by atoms with Crippen LogP contribution in [-0.2, 0) is 0 Å². The van der Waals surface area contributed by atoms with E-state index in [1.54, 1.807) is 0 Å². The highest BCUT2D eigenvalue weighted by Gasteiger charge is 2.13. The van der Waals surface area contributed by atoms with Gasteiger partial charge in [-0.05, 0) is 55.3 Å². The summed E-state index contributed by atoms with van der Waals surface area (Å²) in [6.07, 6.45) is 0. The van der Waals surface area contributed by atoms with Crippen LogP contribution in [0.4, 0.5) is 0 Å². The summed E-state index contributed by atoms with van der Waals surface area (Å²) in [6.45, 7) is 3.92. The summed E-state index contributed by atoms with van der Waals surface area (Å²) in [5.41, 5.74) is 3.56. The lowest BCUT2D eigenvalue weighted by Crippen LogP contribution is -1.95. The highest BCUT2D eigenvalue weighted by Crippen LogP contribution is 2.31. The van der Waals surface area contributed by atoms with Gasteiger partial charge in [0.05, 0.1) is 10.5 Å². The number of nitrogens with zero attached hydrogens (tertiary/aromatic N) is 2. The minimum absolute atomic E-state index is 0.398. The molecule has 0 radical (unpaired) electrons. The number of hydrogen-bond acceptors (Lipinski definition) is 2. The van der Waals surface area contributed by atoms with Crippen LogP contribution in [0, 0.1) is 13.8 Å². The zero-order chi connectivity index (χ0) is 15.1. The van der Waals surface area contributed by atoms with Gasteiger partial charge in [0.1, 0.15) is 5.15 Å². The van der Waals surface area contributed by atoms with E-state index < -0.39 is 0 Å². The van der Waals surface area contributed by atoms with E-state index >= 15 is 0 Å². The molecule has 21 heavy (non-hydrogen) atoms. The predicted molar refractivity (Wildman–Crippen MR) is 89.5 cm³/mol. The van der Waals surface area contributed by atoms with Gasteiger partial charge in [0.15, 0.2) is 5.82 Å². The maximum atomic E-state index is 6.30. The second-order valence-corrected chi connectivity index (χ2v) is 6.14. The number of fused-ring (bicyclic) bond motifs is 1. The number of halogens is 3. The highest BCUT2D eigenvalue weighted by molar-refractivity contribution is 6.38. The van der Waals surface area contributed by atoms with Gasteiger partial charge in [-0.15, -0.1) is 0 Å². The van der Waals surface area contributed by atoms with Gasteiger partial charge in [0.25, 0.3) is 0 Å². The smallest absolute Gasteiger partial charge is 0.161 e. The first-order valence-electron chi connectivity index (χ1n) is 6.35. The second kappa shape index (κ2) is 5.45. The Labute approximate surface area is 137 Å². The van der Waals surface area contributed by atoms with Crippen molar-refractivity contribution >= 4 is 45.7 Å². The minimum Gasteiger partial charge on any atom is -0.226 e. The van der Waals surface area contributed by atoms with Crippen LogP contribution in [0.2, 0.25) is 15.2 Å². The summed E-state index contributed by atoms with van der Waals surface area (Å²) >= 11 is 18.6. The Morgan fingerprint density at radius 3 is 2.38 bits per heavy atom. The average molecular weight is 338 g/mol. The predicted octanol–water partition coefficient (Wildman–Crippen LogP) is 5.87. The van der Waals surface area contributed by atoms with Crippen molar-refractivity contribution in [2.45, 2.75) is 13.8 Å². The van der Waals surface area contributed by atoms with Crippen molar-refractivity contribution in [2.75, 3.05) is 0 Å². The van der Waals surface area contributed by atoms with Gasteiger partial charge in [0, 0.05) is 16.0 Å². The summed E-state index contributed by atoms with van der Waals surface area (Å²) in [6, 6.07) is 9.36. The zero-order valence-electron chi connectivity index (χ0n) is 11.4. The number of hydrogen-bond donors (Lipinski definition) is 0. The maximum absolute atomic E-state index is 6.30. The van der Waals surface area contributed by atoms with E-state index in [9.17, 15) is 0 Å². The zero-order valence-corrected chi connectivity index (χ0v) is 13.7. The molecule has 0 amide bonds. The molecule has 0 spiro atoms. The van der Waals surface area contributed by atoms with E-state index in [2.05, 4.69) is 9.97 Å². The molecule has 0 aliphatic rings. The first kappa shape index (κ1) is 14.6. The Hall–Kier alpha value is -1.35. The molecule has 0 unspecified atom stereocenters. The molecule has 0 saturated carbocycles. The van der Waals surface area contributed by atoms with Crippen LogP contribution in [0.15, 0.2) is 30.3 Å². The second-order valence-electron chi connectivity index (χ2n) is 4.94. The lowest BCUT2D eigenvalue weighted by molar-refractivity contribution is 1.21. The molecule has 0 saturated heterocycles. The Balaban J connectivity index is 2.30. The number of aromatic nitrogens is 2. The van der Waals surface area contributed by atoms with Crippen molar-refractivity contribution in [3.8, 4) is 11.4 Å². The molecular formula is C16H11Cl3N2. The summed E-state index contributed by atoms with van der Waals surface area (Å²) in [7, 11) is 0. The molecule has 3 aromatic rings. The van der Waals surface area contributed by atoms with Crippen LogP contribution in [0.3, 0.4) is 0 Å². The Morgan fingerprint density at radius 2 is 1.67 bits per heavy atom. The molecule has 106 valence electrons. The normalized spacial score (nSPS) is 11.1. The molecule has 2 aromatic carbocycles. The van der Waals surface area contributed by atoms with Crippen LogP contribution in [-0.4, -0.2) is 9.97 Å². The third kappa shape index (κ3) is 2.71. The fourth-order valence-electron chi connectivity index (χ4n) is 2.29. The van der Waals surface area contributed by atoms with E-state index in [0.717, 1.165) is 22.1 Å². The van der Waals surface area contributed by atoms with E-state index in [-0.39, 0.29) is 0 Å². The van der Waals surface area contributed by atoms with Crippen molar-refractivity contribution < 1.29 is 0 Å². The topological polar surface area (TPSA) is 25.8 Å². The van der Waals surface area contributed by atoms with Crippen LogP contribution in [0.1, 0.15) is 11.1 Å². The van der Waals surface area contributed by atoms with Crippen LogP contribution in [0.5, 0.6) is 0 Å². The molecule has 2 nitrogen and oxygen atoms in total. The van der Waals surface area contributed by atoms with Gasteiger partial charge in [-0.1, -0.05) is 34.8 Å². The van der Waals surface area contributed by atoms with Gasteiger partial charge in [-0.25, -0.2) is 9.97 Å². The molecule has 0 aliphatic carbocycles. The minimum atomic E-state index is 0.398. The fourth-order valence-corrected chi connectivity index (χ4v) is 3.05. The number of benzene rings is 2. The molecular weight excluding hydrogens is 327 g/mol. The molecule has 3 rings (SSSR count). The van der Waals surface area contributed by atoms with Crippen molar-refractivity contribution in [3.63, 3.8) is 0 Å². The Morgan fingerprint density at radius 1 is 0.905 bits per heavy atom. The van der Waals surface area contributed by atoms with Gasteiger partial charge in [0.2, 0.25) is 0 Å². The van der Waals surface area contributed by atoms with Crippen molar-refractivity contribution in [1.82, 2.24) is 9.97 Å². The summed E-state index contributed by atoms with van der Waals surface area (Å²) in [5.74, 6) is 0.549. The first-order valence-corrected chi connectivity index (χ1v) is 7.49. The molecule has 0 aliphatic heterocycles. The van der Waals surface area contributed by atoms with Crippen LogP contribution in [0.25, 0.3) is 22.3 Å². The third-order valence-corrected chi connectivity index (χ3v) is 4.09. The van der Waals surface area contributed by atoms with Crippen molar-refractivity contribution in [2.24, 2.45) is 0 Å². The van der Waals surface area contributed by atoms with E-state index in [0.29, 0.717) is 26.5 Å². The molecule has 5 heteroatoms. The van der Waals surface area contributed by atoms with Gasteiger partial charge in [-0.2, -0.15) is 0 Å². The van der Waals surface area contributed by atoms with Crippen LogP contribution >= 0.6 is 34.8 Å².